The van der Waals surface area contributed by atoms with Gasteiger partial charge in [-0.1, -0.05) is 6.42 Å². The summed E-state index contributed by atoms with van der Waals surface area (Å²) in [5, 5.41) is 4.35. The third-order valence-electron chi connectivity index (χ3n) is 3.26. The Morgan fingerprint density at radius 3 is 2.94 bits per heavy atom. The predicted octanol–water partition coefficient (Wildman–Crippen LogP) is 2.59. The number of ether oxygens (including phenoxy) is 1. The molecule has 0 aromatic carbocycles. The van der Waals surface area contributed by atoms with E-state index in [1.165, 1.54) is 25.7 Å². The van der Waals surface area contributed by atoms with Crippen LogP contribution in [0, 0.1) is 0 Å². The van der Waals surface area contributed by atoms with Crippen LogP contribution in [0.5, 0.6) is 0 Å². The first-order valence-electron chi connectivity index (χ1n) is 6.60. The number of esters is 1. The third kappa shape index (κ3) is 5.77. The van der Waals surface area contributed by atoms with Gasteiger partial charge in [-0.2, -0.15) is 11.8 Å². The summed E-state index contributed by atoms with van der Waals surface area (Å²) in [6.45, 7) is 4.39. The Bertz CT molecular complexity index is 235. The van der Waals surface area contributed by atoms with E-state index in [2.05, 4.69) is 18.5 Å². The second-order valence-electron chi connectivity index (χ2n) is 4.80. The van der Waals surface area contributed by atoms with Gasteiger partial charge in [0.2, 0.25) is 0 Å². The van der Waals surface area contributed by atoms with Gasteiger partial charge in [-0.15, -0.1) is 0 Å². The van der Waals surface area contributed by atoms with Gasteiger partial charge < -0.3 is 10.1 Å². The number of carbonyl (C=O) groups is 1. The highest BCUT2D eigenvalue weighted by atomic mass is 32.2. The maximum Gasteiger partial charge on any atom is 0.307 e. The van der Waals surface area contributed by atoms with Gasteiger partial charge in [0.15, 0.2) is 0 Å². The van der Waals surface area contributed by atoms with Gasteiger partial charge in [-0.25, -0.2) is 0 Å². The lowest BCUT2D eigenvalue weighted by molar-refractivity contribution is -0.143. The Morgan fingerprint density at radius 2 is 2.29 bits per heavy atom. The van der Waals surface area contributed by atoms with Crippen LogP contribution in [0.15, 0.2) is 0 Å². The molecule has 4 heteroatoms. The molecule has 1 fully saturated rings. The molecule has 0 bridgehead atoms. The molecule has 0 saturated heterocycles. The Kier molecular flexibility index (Phi) is 6.97. The lowest BCUT2D eigenvalue weighted by atomic mass is 9.94. The SMILES string of the molecule is CCOC(=O)CC(C)NC1CCCC(SC)C1. The number of thioether (sulfide) groups is 1. The molecule has 1 saturated carbocycles. The highest BCUT2D eigenvalue weighted by Gasteiger charge is 2.23. The number of carbonyl (C=O) groups excluding carboxylic acids is 1. The van der Waals surface area contributed by atoms with Gasteiger partial charge in [0.25, 0.3) is 0 Å². The lowest BCUT2D eigenvalue weighted by Gasteiger charge is -2.30. The van der Waals surface area contributed by atoms with Gasteiger partial charge >= 0.3 is 5.97 Å². The second-order valence-corrected chi connectivity index (χ2v) is 5.94. The van der Waals surface area contributed by atoms with Crippen molar-refractivity contribution in [3.8, 4) is 0 Å². The van der Waals surface area contributed by atoms with E-state index in [-0.39, 0.29) is 12.0 Å². The van der Waals surface area contributed by atoms with Crippen LogP contribution in [0.1, 0.15) is 46.0 Å². The van der Waals surface area contributed by atoms with Crippen molar-refractivity contribution >= 4 is 17.7 Å². The molecule has 0 amide bonds. The number of nitrogens with one attached hydrogen (secondary N) is 1. The van der Waals surface area contributed by atoms with Crippen molar-refractivity contribution < 1.29 is 9.53 Å². The van der Waals surface area contributed by atoms with E-state index in [9.17, 15) is 4.79 Å². The summed E-state index contributed by atoms with van der Waals surface area (Å²) in [5.41, 5.74) is 0. The second kappa shape index (κ2) is 7.98. The predicted molar refractivity (Wildman–Crippen MR) is 73.4 cm³/mol. The Balaban J connectivity index is 2.25. The zero-order valence-corrected chi connectivity index (χ0v) is 12.0. The zero-order valence-electron chi connectivity index (χ0n) is 11.2. The van der Waals surface area contributed by atoms with Gasteiger partial charge in [-0.3, -0.25) is 4.79 Å². The first kappa shape index (κ1) is 14.8. The summed E-state index contributed by atoms with van der Waals surface area (Å²) >= 11 is 1.97. The summed E-state index contributed by atoms with van der Waals surface area (Å²) in [4.78, 5) is 11.3. The molecule has 1 aliphatic carbocycles. The average Bonchev–Trinajstić information content (AvgIpc) is 2.29. The summed E-state index contributed by atoms with van der Waals surface area (Å²) in [6, 6.07) is 0.797. The standard InChI is InChI=1S/C13H25NO2S/c1-4-16-13(15)8-10(2)14-11-6-5-7-12(9-11)17-3/h10-12,14H,4-9H2,1-3H3. The normalized spacial score (nSPS) is 26.5. The maximum absolute atomic E-state index is 11.3. The Labute approximate surface area is 109 Å². The molecule has 0 heterocycles. The molecular weight excluding hydrogens is 234 g/mol. The first-order chi connectivity index (χ1) is 8.15. The van der Waals surface area contributed by atoms with Crippen LogP contribution >= 0.6 is 11.8 Å². The van der Waals surface area contributed by atoms with Crippen molar-refractivity contribution in [1.82, 2.24) is 5.32 Å². The van der Waals surface area contributed by atoms with E-state index in [1.54, 1.807) is 0 Å². The lowest BCUT2D eigenvalue weighted by Crippen LogP contribution is -2.41. The minimum absolute atomic E-state index is 0.0928. The Hall–Kier alpha value is -0.220. The van der Waals surface area contributed by atoms with Crippen LogP contribution in [0.4, 0.5) is 0 Å². The van der Waals surface area contributed by atoms with Crippen LogP contribution in [0.25, 0.3) is 0 Å². The molecule has 0 spiro atoms. The largest absolute Gasteiger partial charge is 0.466 e. The van der Waals surface area contributed by atoms with Crippen molar-refractivity contribution in [2.75, 3.05) is 12.9 Å². The van der Waals surface area contributed by atoms with Crippen LogP contribution in [0.3, 0.4) is 0 Å². The average molecular weight is 259 g/mol. The fourth-order valence-electron chi connectivity index (χ4n) is 2.44. The molecule has 3 atom stereocenters. The minimum Gasteiger partial charge on any atom is -0.466 e. The monoisotopic (exact) mass is 259 g/mol. The first-order valence-corrected chi connectivity index (χ1v) is 7.89. The van der Waals surface area contributed by atoms with E-state index in [1.807, 2.05) is 18.7 Å². The third-order valence-corrected chi connectivity index (χ3v) is 4.35. The molecule has 0 aliphatic heterocycles. The van der Waals surface area contributed by atoms with Gasteiger partial charge in [0.05, 0.1) is 13.0 Å². The number of hydrogen-bond donors (Lipinski definition) is 1. The molecule has 3 nitrogen and oxygen atoms in total. The van der Waals surface area contributed by atoms with Crippen molar-refractivity contribution in [1.29, 1.82) is 0 Å². The molecule has 100 valence electrons. The van der Waals surface area contributed by atoms with Crippen LogP contribution in [-0.2, 0) is 9.53 Å². The minimum atomic E-state index is -0.0928. The molecular formula is C13H25NO2S. The molecule has 0 radical (unpaired) electrons. The molecule has 17 heavy (non-hydrogen) atoms. The van der Waals surface area contributed by atoms with E-state index >= 15 is 0 Å². The zero-order chi connectivity index (χ0) is 12.7. The van der Waals surface area contributed by atoms with Crippen molar-refractivity contribution in [3.63, 3.8) is 0 Å². The van der Waals surface area contributed by atoms with Gasteiger partial charge in [0, 0.05) is 17.3 Å². The fourth-order valence-corrected chi connectivity index (χ4v) is 3.27. The van der Waals surface area contributed by atoms with Gasteiger partial charge in [-0.05, 0) is 39.4 Å². The molecule has 0 aromatic rings. The van der Waals surface area contributed by atoms with E-state index in [0.717, 1.165) is 5.25 Å². The molecule has 1 rings (SSSR count). The van der Waals surface area contributed by atoms with Crippen LogP contribution < -0.4 is 5.32 Å². The van der Waals surface area contributed by atoms with E-state index in [0.29, 0.717) is 19.1 Å². The van der Waals surface area contributed by atoms with Crippen LogP contribution in [-0.4, -0.2) is 36.2 Å². The van der Waals surface area contributed by atoms with Crippen molar-refractivity contribution in [2.45, 2.75) is 63.3 Å². The summed E-state index contributed by atoms with van der Waals surface area (Å²) in [5.74, 6) is -0.0928. The molecule has 3 unspecified atom stereocenters. The van der Waals surface area contributed by atoms with Crippen molar-refractivity contribution in [3.05, 3.63) is 0 Å². The smallest absolute Gasteiger partial charge is 0.307 e. The van der Waals surface area contributed by atoms with E-state index in [4.69, 9.17) is 4.74 Å². The topological polar surface area (TPSA) is 38.3 Å². The highest BCUT2D eigenvalue weighted by Crippen LogP contribution is 2.27. The number of rotatable bonds is 6. The van der Waals surface area contributed by atoms with E-state index < -0.39 is 0 Å². The summed E-state index contributed by atoms with van der Waals surface area (Å²) < 4.78 is 4.96. The fraction of sp³-hybridized carbons (Fsp3) is 0.923. The summed E-state index contributed by atoms with van der Waals surface area (Å²) in [6.07, 6.45) is 7.78. The number of hydrogen-bond acceptors (Lipinski definition) is 4. The van der Waals surface area contributed by atoms with Crippen molar-refractivity contribution in [2.24, 2.45) is 0 Å². The molecule has 1 N–H and O–H groups in total. The Morgan fingerprint density at radius 1 is 1.53 bits per heavy atom. The summed E-state index contributed by atoms with van der Waals surface area (Å²) in [7, 11) is 0. The molecule has 1 aliphatic rings. The highest BCUT2D eigenvalue weighted by molar-refractivity contribution is 7.99. The molecule has 0 aromatic heterocycles. The van der Waals surface area contributed by atoms with Gasteiger partial charge in [0.1, 0.15) is 0 Å². The quantitative estimate of drug-likeness (QED) is 0.744. The van der Waals surface area contributed by atoms with Crippen LogP contribution in [0.2, 0.25) is 0 Å². The maximum atomic E-state index is 11.3.